The SMILES string of the molecule is C=C1/C(=C\C=C2/CCC[C@@]3(C)C2CCC3C(C)CCC(O)C2CC2)CC(OC(=O)CCCCC(=O)OCC2OC(n3ccc(N)nc3=O)C(F)(F)C2O)C[C@@H]1O. The number of nitrogens with two attached hydrogens (primary N) is 1. The average Bonchev–Trinajstić information content (AvgIpc) is 3.90. The van der Waals surface area contributed by atoms with Crippen LogP contribution in [0.2, 0.25) is 0 Å². The molecule has 4 aliphatic carbocycles. The summed E-state index contributed by atoms with van der Waals surface area (Å²) in [6.07, 6.45) is 8.94. The first-order valence-corrected chi connectivity index (χ1v) is 20.4. The molecule has 1 saturated heterocycles. The minimum absolute atomic E-state index is 0.0338. The van der Waals surface area contributed by atoms with Gasteiger partial charge in [-0.1, -0.05) is 38.2 Å². The Bertz CT molecular complexity index is 1730. The number of aliphatic hydroxyl groups is 3. The quantitative estimate of drug-likeness (QED) is 0.126. The van der Waals surface area contributed by atoms with Crippen molar-refractivity contribution in [1.82, 2.24) is 9.55 Å². The summed E-state index contributed by atoms with van der Waals surface area (Å²) < 4.78 is 46.0. The van der Waals surface area contributed by atoms with E-state index in [1.807, 2.05) is 0 Å². The minimum atomic E-state index is -3.87. The molecule has 12 nitrogen and oxygen atoms in total. The summed E-state index contributed by atoms with van der Waals surface area (Å²) in [6, 6.07) is 1.14. The number of rotatable bonds is 15. The molecular weight excluding hydrogens is 728 g/mol. The predicted octanol–water partition coefficient (Wildman–Crippen LogP) is 5.70. The number of hydrogen-bond donors (Lipinski definition) is 4. The molecule has 0 bridgehead atoms. The van der Waals surface area contributed by atoms with Crippen molar-refractivity contribution in [2.45, 2.75) is 153 Å². The zero-order chi connectivity index (χ0) is 40.4. The minimum Gasteiger partial charge on any atom is -0.463 e. The lowest BCUT2D eigenvalue weighted by Crippen LogP contribution is -2.42. The summed E-state index contributed by atoms with van der Waals surface area (Å²) in [5.74, 6) is -2.99. The van der Waals surface area contributed by atoms with Crippen molar-refractivity contribution < 1.29 is 47.9 Å². The van der Waals surface area contributed by atoms with Crippen LogP contribution in [0.25, 0.3) is 0 Å². The Balaban J connectivity index is 0.935. The van der Waals surface area contributed by atoms with Gasteiger partial charge >= 0.3 is 23.6 Å². The molecule has 5 fully saturated rings. The van der Waals surface area contributed by atoms with Gasteiger partial charge < -0.3 is 35.3 Å². The number of aromatic nitrogens is 2. The first kappa shape index (κ1) is 42.2. The Morgan fingerprint density at radius 3 is 2.59 bits per heavy atom. The molecule has 0 aromatic carbocycles. The molecule has 0 spiro atoms. The molecule has 6 rings (SSSR count). The average molecular weight is 788 g/mol. The molecule has 4 saturated carbocycles. The lowest BCUT2D eigenvalue weighted by molar-refractivity contribution is -0.152. The fraction of sp³-hybridized carbons (Fsp3) is 0.714. The van der Waals surface area contributed by atoms with E-state index in [-0.39, 0.29) is 43.0 Å². The normalized spacial score (nSPS) is 34.0. The highest BCUT2D eigenvalue weighted by atomic mass is 19.3. The number of hydrogen-bond acceptors (Lipinski definition) is 11. The van der Waals surface area contributed by atoms with Crippen molar-refractivity contribution in [1.29, 1.82) is 0 Å². The van der Waals surface area contributed by atoms with Crippen LogP contribution in [0.1, 0.15) is 116 Å². The standard InChI is InChI=1S/C42H59F2N3O9/c1-24(10-17-32(48)27-12-13-27)30-15-16-31-26(7-6-19-41(30,31)3)11-14-28-21-29(22-33(49)25(28)2)55-37(51)9-5-4-8-36(50)54-23-34-38(52)42(43,44)39(56-34)47-20-18-35(45)46-40(47)53/h11,14,18,20,24,27,29-34,38-39,48-49,52H,2,4-10,12-13,15-17,19,21-23H2,1,3H3,(H2,45,46,53)/b26-11+,28-14-/t24?,29?,30?,31?,32?,33-,34?,38?,39?,41+/m0/s1. The van der Waals surface area contributed by atoms with E-state index in [0.29, 0.717) is 46.7 Å². The first-order chi connectivity index (χ1) is 26.6. The molecule has 310 valence electrons. The molecule has 10 atom stereocenters. The van der Waals surface area contributed by atoms with Gasteiger partial charge in [-0.05, 0) is 117 Å². The molecule has 0 amide bonds. The van der Waals surface area contributed by atoms with Crippen molar-refractivity contribution in [3.8, 4) is 0 Å². The van der Waals surface area contributed by atoms with Gasteiger partial charge in [0.1, 0.15) is 24.6 Å². The number of alkyl halides is 2. The van der Waals surface area contributed by atoms with E-state index in [1.54, 1.807) is 0 Å². The maximum Gasteiger partial charge on any atom is 0.351 e. The van der Waals surface area contributed by atoms with Crippen LogP contribution < -0.4 is 11.4 Å². The van der Waals surface area contributed by atoms with E-state index in [9.17, 15) is 38.5 Å². The van der Waals surface area contributed by atoms with Gasteiger partial charge in [0.15, 0.2) is 6.10 Å². The van der Waals surface area contributed by atoms with Crippen molar-refractivity contribution in [3.63, 3.8) is 0 Å². The zero-order valence-electron chi connectivity index (χ0n) is 32.6. The molecule has 56 heavy (non-hydrogen) atoms. The molecule has 1 aromatic heterocycles. The summed E-state index contributed by atoms with van der Waals surface area (Å²) in [6.45, 7) is 8.31. The van der Waals surface area contributed by atoms with Gasteiger partial charge in [0.05, 0.1) is 12.2 Å². The second-order valence-corrected chi connectivity index (χ2v) is 17.2. The van der Waals surface area contributed by atoms with E-state index >= 15 is 0 Å². The third-order valence-corrected chi connectivity index (χ3v) is 13.3. The van der Waals surface area contributed by atoms with E-state index in [0.717, 1.165) is 49.9 Å². The molecule has 5 aliphatic rings. The number of unbranched alkanes of at least 4 members (excludes halogenated alkanes) is 1. The molecule has 1 aliphatic heterocycles. The van der Waals surface area contributed by atoms with Crippen LogP contribution in [0.4, 0.5) is 14.6 Å². The number of fused-ring (bicyclic) bond motifs is 1. The summed E-state index contributed by atoms with van der Waals surface area (Å²) in [7, 11) is 0. The summed E-state index contributed by atoms with van der Waals surface area (Å²) >= 11 is 0. The molecule has 5 N–H and O–H groups in total. The Hall–Kier alpha value is -3.46. The van der Waals surface area contributed by atoms with Gasteiger partial charge in [-0.15, -0.1) is 0 Å². The van der Waals surface area contributed by atoms with Crippen molar-refractivity contribution in [2.24, 2.45) is 29.1 Å². The Morgan fingerprint density at radius 2 is 1.88 bits per heavy atom. The van der Waals surface area contributed by atoms with Crippen molar-refractivity contribution in [2.75, 3.05) is 12.3 Å². The van der Waals surface area contributed by atoms with E-state index in [1.165, 1.54) is 31.3 Å². The van der Waals surface area contributed by atoms with Gasteiger partial charge in [0.2, 0.25) is 6.23 Å². The maximum atomic E-state index is 14.7. The lowest BCUT2D eigenvalue weighted by atomic mass is 9.60. The number of nitrogen functional groups attached to an aromatic ring is 1. The largest absolute Gasteiger partial charge is 0.463 e. The van der Waals surface area contributed by atoms with Gasteiger partial charge in [0, 0.05) is 31.9 Å². The van der Waals surface area contributed by atoms with Crippen LogP contribution in [0.5, 0.6) is 0 Å². The Labute approximate surface area is 327 Å². The summed E-state index contributed by atoms with van der Waals surface area (Å²) in [5.41, 5.74) is 7.53. The number of anilines is 1. The number of carbonyl (C=O) groups excluding carboxylic acids is 2. The number of esters is 2. The van der Waals surface area contributed by atoms with E-state index in [2.05, 4.69) is 37.6 Å². The molecule has 0 radical (unpaired) electrons. The molecular formula is C42H59F2N3O9. The Kier molecular flexibility index (Phi) is 13.2. The smallest absolute Gasteiger partial charge is 0.351 e. The number of carbonyl (C=O) groups is 2. The van der Waals surface area contributed by atoms with Crippen LogP contribution in [-0.4, -0.2) is 79.9 Å². The predicted molar refractivity (Wildman–Crippen MR) is 203 cm³/mol. The second-order valence-electron chi connectivity index (χ2n) is 17.2. The van der Waals surface area contributed by atoms with Crippen LogP contribution in [0.15, 0.2) is 52.5 Å². The second kappa shape index (κ2) is 17.6. The monoisotopic (exact) mass is 787 g/mol. The van der Waals surface area contributed by atoms with Gasteiger partial charge in [0.25, 0.3) is 0 Å². The highest BCUT2D eigenvalue weighted by Crippen LogP contribution is 2.60. The van der Waals surface area contributed by atoms with Crippen LogP contribution in [0.3, 0.4) is 0 Å². The zero-order valence-corrected chi connectivity index (χ0v) is 32.6. The van der Waals surface area contributed by atoms with Crippen LogP contribution >= 0.6 is 0 Å². The third kappa shape index (κ3) is 9.45. The van der Waals surface area contributed by atoms with Crippen molar-refractivity contribution >= 4 is 17.8 Å². The highest BCUT2D eigenvalue weighted by Gasteiger charge is 2.60. The first-order valence-electron chi connectivity index (χ1n) is 20.4. The van der Waals surface area contributed by atoms with Crippen molar-refractivity contribution in [3.05, 3.63) is 58.2 Å². The summed E-state index contributed by atoms with van der Waals surface area (Å²) in [5, 5.41) is 31.4. The Morgan fingerprint density at radius 1 is 1.14 bits per heavy atom. The molecule has 14 heteroatoms. The highest BCUT2D eigenvalue weighted by molar-refractivity contribution is 5.71. The number of halogens is 2. The number of ether oxygens (including phenoxy) is 3. The van der Waals surface area contributed by atoms with Gasteiger partial charge in [-0.2, -0.15) is 13.8 Å². The maximum absolute atomic E-state index is 14.7. The molecule has 8 unspecified atom stereocenters. The number of nitrogens with zero attached hydrogens (tertiary/aromatic N) is 2. The van der Waals surface area contributed by atoms with E-state index < -0.39 is 60.8 Å². The summed E-state index contributed by atoms with van der Waals surface area (Å²) in [4.78, 5) is 40.6. The fourth-order valence-corrected chi connectivity index (χ4v) is 9.84. The lowest BCUT2D eigenvalue weighted by Gasteiger charge is -2.44. The molecule has 1 aromatic rings. The van der Waals surface area contributed by atoms with Gasteiger partial charge in [-0.25, -0.2) is 4.79 Å². The van der Waals surface area contributed by atoms with Crippen LogP contribution in [-0.2, 0) is 23.8 Å². The fourth-order valence-electron chi connectivity index (χ4n) is 9.84. The van der Waals surface area contributed by atoms with E-state index in [4.69, 9.17) is 19.9 Å². The topological polar surface area (TPSA) is 183 Å². The van der Waals surface area contributed by atoms with Crippen LogP contribution in [0, 0.1) is 29.1 Å². The molecule has 2 heterocycles. The number of aliphatic hydroxyl groups excluding tert-OH is 3. The number of allylic oxidation sites excluding steroid dienone is 3. The van der Waals surface area contributed by atoms with Gasteiger partial charge in [-0.3, -0.25) is 14.2 Å². The third-order valence-electron chi connectivity index (χ3n) is 13.3.